The first kappa shape index (κ1) is 16.6. The lowest BCUT2D eigenvalue weighted by Crippen LogP contribution is -2.10. The van der Waals surface area contributed by atoms with Crippen LogP contribution in [-0.2, 0) is 6.54 Å². The summed E-state index contributed by atoms with van der Waals surface area (Å²) in [5, 5.41) is 9.67. The number of nitrogens with zero attached hydrogens (tertiary/aromatic N) is 5. The minimum atomic E-state index is 0.836. The average molecular weight is 369 g/mol. The molecular formula is C21H19N7. The number of nitrogens with one attached hydrogen (secondary N) is 2. The Morgan fingerprint density at radius 2 is 1.89 bits per heavy atom. The number of hydrogen-bond acceptors (Lipinski definition) is 5. The molecule has 2 N–H and O–H groups in total. The fourth-order valence-corrected chi connectivity index (χ4v) is 3.46. The van der Waals surface area contributed by atoms with Gasteiger partial charge in [0.1, 0.15) is 5.69 Å². The van der Waals surface area contributed by atoms with Gasteiger partial charge in [-0.25, -0.2) is 0 Å². The zero-order chi connectivity index (χ0) is 19.1. The average Bonchev–Trinajstić information content (AvgIpc) is 3.30. The monoisotopic (exact) mass is 369 g/mol. The summed E-state index contributed by atoms with van der Waals surface area (Å²) < 4.78 is 0. The fraction of sp³-hybridized carbons (Fsp3) is 0.143. The number of H-pyrrole nitrogens is 2. The maximum atomic E-state index is 4.60. The van der Waals surface area contributed by atoms with E-state index >= 15 is 0 Å². The lowest BCUT2D eigenvalue weighted by molar-refractivity contribution is 0.402. The Labute approximate surface area is 161 Å². The highest BCUT2D eigenvalue weighted by Gasteiger charge is 2.13. The van der Waals surface area contributed by atoms with Crippen molar-refractivity contribution in [2.45, 2.75) is 6.54 Å². The van der Waals surface area contributed by atoms with Crippen molar-refractivity contribution in [1.29, 1.82) is 0 Å². The Hall–Kier alpha value is -3.58. The van der Waals surface area contributed by atoms with Crippen LogP contribution < -0.4 is 0 Å². The molecule has 0 unspecified atom stereocenters. The largest absolute Gasteiger partial charge is 0.353 e. The minimum Gasteiger partial charge on any atom is -0.353 e. The van der Waals surface area contributed by atoms with Crippen molar-refractivity contribution in [3.05, 3.63) is 60.8 Å². The third-order valence-electron chi connectivity index (χ3n) is 4.71. The van der Waals surface area contributed by atoms with Gasteiger partial charge in [0, 0.05) is 53.2 Å². The van der Waals surface area contributed by atoms with Crippen molar-refractivity contribution in [2.75, 3.05) is 14.1 Å². The van der Waals surface area contributed by atoms with E-state index in [0.717, 1.165) is 56.6 Å². The molecule has 0 aromatic carbocycles. The van der Waals surface area contributed by atoms with E-state index in [1.165, 1.54) is 0 Å². The molecule has 0 fully saturated rings. The van der Waals surface area contributed by atoms with Gasteiger partial charge in [-0.2, -0.15) is 5.10 Å². The van der Waals surface area contributed by atoms with Gasteiger partial charge in [-0.05, 0) is 43.9 Å². The van der Waals surface area contributed by atoms with Gasteiger partial charge in [-0.1, -0.05) is 0 Å². The molecule has 0 saturated heterocycles. The lowest BCUT2D eigenvalue weighted by atomic mass is 10.1. The molecule has 5 rings (SSSR count). The highest BCUT2D eigenvalue weighted by atomic mass is 15.1. The van der Waals surface area contributed by atoms with Crippen LogP contribution in [0.1, 0.15) is 5.56 Å². The molecular weight excluding hydrogens is 350 g/mol. The van der Waals surface area contributed by atoms with Crippen molar-refractivity contribution in [2.24, 2.45) is 0 Å². The molecule has 5 aromatic rings. The standard InChI is InChI=1S/C21H19N7/c1-28(2)12-13-5-14(10-23-8-13)18-7-16-20(11-24-18)26-27-21(16)19-6-15-9-22-4-3-17(15)25-19/h3-11,25H,12H2,1-2H3,(H,26,27). The van der Waals surface area contributed by atoms with E-state index in [4.69, 9.17) is 0 Å². The van der Waals surface area contributed by atoms with Gasteiger partial charge in [-0.15, -0.1) is 0 Å². The van der Waals surface area contributed by atoms with Crippen molar-refractivity contribution < 1.29 is 0 Å². The number of rotatable bonds is 4. The molecule has 0 atom stereocenters. The summed E-state index contributed by atoms with van der Waals surface area (Å²) in [6, 6.07) is 8.23. The first-order valence-electron chi connectivity index (χ1n) is 9.03. The molecule has 0 aliphatic rings. The van der Waals surface area contributed by atoms with Crippen LogP contribution in [0.4, 0.5) is 0 Å². The molecule has 0 spiro atoms. The number of hydrogen-bond donors (Lipinski definition) is 2. The van der Waals surface area contributed by atoms with Crippen LogP contribution in [0.2, 0.25) is 0 Å². The second-order valence-corrected chi connectivity index (χ2v) is 7.15. The van der Waals surface area contributed by atoms with Crippen molar-refractivity contribution in [1.82, 2.24) is 35.0 Å². The molecule has 0 radical (unpaired) electrons. The molecule has 5 aromatic heterocycles. The van der Waals surface area contributed by atoms with Gasteiger partial charge < -0.3 is 9.88 Å². The summed E-state index contributed by atoms with van der Waals surface area (Å²) in [6.07, 6.45) is 9.19. The van der Waals surface area contributed by atoms with Crippen LogP contribution in [0, 0.1) is 0 Å². The van der Waals surface area contributed by atoms with Gasteiger partial charge in [0.15, 0.2) is 0 Å². The van der Waals surface area contributed by atoms with Crippen LogP contribution in [0.3, 0.4) is 0 Å². The molecule has 0 aliphatic carbocycles. The maximum Gasteiger partial charge on any atom is 0.116 e. The van der Waals surface area contributed by atoms with Crippen LogP contribution in [0.25, 0.3) is 44.5 Å². The minimum absolute atomic E-state index is 0.836. The maximum absolute atomic E-state index is 4.60. The van der Waals surface area contributed by atoms with Gasteiger partial charge in [-0.3, -0.25) is 20.1 Å². The molecule has 0 amide bonds. The summed E-state index contributed by atoms with van der Waals surface area (Å²) in [6.45, 7) is 0.836. The Kier molecular flexibility index (Phi) is 3.87. The predicted molar refractivity (Wildman–Crippen MR) is 110 cm³/mol. The van der Waals surface area contributed by atoms with Gasteiger partial charge in [0.05, 0.1) is 23.1 Å². The van der Waals surface area contributed by atoms with E-state index in [1.807, 2.05) is 44.9 Å². The van der Waals surface area contributed by atoms with Crippen LogP contribution >= 0.6 is 0 Å². The van der Waals surface area contributed by atoms with E-state index in [1.54, 1.807) is 6.20 Å². The second kappa shape index (κ2) is 6.54. The Bertz CT molecular complexity index is 1250. The first-order valence-corrected chi connectivity index (χ1v) is 9.03. The number of aromatic nitrogens is 6. The second-order valence-electron chi connectivity index (χ2n) is 7.15. The van der Waals surface area contributed by atoms with Gasteiger partial charge in [0.2, 0.25) is 0 Å². The summed E-state index contributed by atoms with van der Waals surface area (Å²) in [5.41, 5.74) is 6.78. The van der Waals surface area contributed by atoms with Crippen molar-refractivity contribution in [3.8, 4) is 22.6 Å². The highest BCUT2D eigenvalue weighted by Crippen LogP contribution is 2.30. The van der Waals surface area contributed by atoms with Crippen LogP contribution in [0.5, 0.6) is 0 Å². The zero-order valence-electron chi connectivity index (χ0n) is 15.6. The van der Waals surface area contributed by atoms with Crippen molar-refractivity contribution >= 4 is 21.8 Å². The molecule has 0 aliphatic heterocycles. The quantitative estimate of drug-likeness (QED) is 0.505. The molecule has 7 heteroatoms. The third kappa shape index (κ3) is 2.91. The summed E-state index contributed by atoms with van der Waals surface area (Å²) in [5.74, 6) is 0. The Morgan fingerprint density at radius 3 is 2.75 bits per heavy atom. The summed E-state index contributed by atoms with van der Waals surface area (Å²) in [7, 11) is 4.09. The molecule has 7 nitrogen and oxygen atoms in total. The van der Waals surface area contributed by atoms with E-state index in [2.05, 4.69) is 53.2 Å². The first-order chi connectivity index (χ1) is 13.7. The van der Waals surface area contributed by atoms with Gasteiger partial charge >= 0.3 is 0 Å². The molecule has 0 saturated carbocycles. The summed E-state index contributed by atoms with van der Waals surface area (Å²) in [4.78, 5) is 18.7. The van der Waals surface area contributed by atoms with Gasteiger partial charge in [0.25, 0.3) is 0 Å². The van der Waals surface area contributed by atoms with Crippen LogP contribution in [0.15, 0.2) is 55.2 Å². The zero-order valence-corrected chi connectivity index (χ0v) is 15.6. The highest BCUT2D eigenvalue weighted by molar-refractivity contribution is 5.96. The molecule has 138 valence electrons. The lowest BCUT2D eigenvalue weighted by Gasteiger charge is -2.10. The van der Waals surface area contributed by atoms with E-state index in [-0.39, 0.29) is 0 Å². The van der Waals surface area contributed by atoms with E-state index < -0.39 is 0 Å². The summed E-state index contributed by atoms with van der Waals surface area (Å²) >= 11 is 0. The number of fused-ring (bicyclic) bond motifs is 2. The fourth-order valence-electron chi connectivity index (χ4n) is 3.46. The Balaban J connectivity index is 1.60. The third-order valence-corrected chi connectivity index (χ3v) is 4.71. The topological polar surface area (TPSA) is 86.4 Å². The normalized spacial score (nSPS) is 11.7. The van der Waals surface area contributed by atoms with E-state index in [0.29, 0.717) is 0 Å². The van der Waals surface area contributed by atoms with Crippen LogP contribution in [-0.4, -0.2) is 49.1 Å². The molecule has 0 bridgehead atoms. The van der Waals surface area contributed by atoms with E-state index in [9.17, 15) is 0 Å². The SMILES string of the molecule is CN(C)Cc1cncc(-c2cc3c(-c4cc5cnccc5[nH]4)n[nH]c3cn2)c1. The van der Waals surface area contributed by atoms with Crippen molar-refractivity contribution in [3.63, 3.8) is 0 Å². The smallest absolute Gasteiger partial charge is 0.116 e. The number of pyridine rings is 3. The predicted octanol–water partition coefficient (Wildman–Crippen LogP) is 3.62. The molecule has 5 heterocycles. The number of aromatic amines is 2. The Morgan fingerprint density at radius 1 is 0.964 bits per heavy atom. The molecule has 28 heavy (non-hydrogen) atoms.